The van der Waals surface area contributed by atoms with E-state index in [-0.39, 0.29) is 6.04 Å². The fourth-order valence-electron chi connectivity index (χ4n) is 1.82. The van der Waals surface area contributed by atoms with Crippen molar-refractivity contribution in [1.29, 1.82) is 0 Å². The Labute approximate surface area is 106 Å². The van der Waals surface area contributed by atoms with E-state index in [4.69, 9.17) is 11.6 Å². The van der Waals surface area contributed by atoms with Gasteiger partial charge in [0, 0.05) is 18.3 Å². The normalized spacial score (nSPS) is 12.6. The molecule has 3 nitrogen and oxygen atoms in total. The van der Waals surface area contributed by atoms with Crippen LogP contribution in [0.1, 0.15) is 17.3 Å². The minimum Gasteiger partial charge on any atom is -0.340 e. The van der Waals surface area contributed by atoms with Crippen LogP contribution in [0.4, 0.5) is 0 Å². The molecule has 0 aliphatic rings. The Morgan fingerprint density at radius 2 is 2.06 bits per heavy atom. The SMILES string of the molecule is CNC(Cc1ccc(Cl)cc1)c1cn(C)cn1. The lowest BCUT2D eigenvalue weighted by atomic mass is 10.0. The number of rotatable bonds is 4. The van der Waals surface area contributed by atoms with Crippen LogP contribution in [-0.4, -0.2) is 16.6 Å². The summed E-state index contributed by atoms with van der Waals surface area (Å²) < 4.78 is 1.96. The molecule has 0 aliphatic heterocycles. The van der Waals surface area contributed by atoms with Crippen LogP contribution in [0.25, 0.3) is 0 Å². The number of imidazole rings is 1. The molecule has 17 heavy (non-hydrogen) atoms. The smallest absolute Gasteiger partial charge is 0.0947 e. The summed E-state index contributed by atoms with van der Waals surface area (Å²) in [5.74, 6) is 0. The van der Waals surface area contributed by atoms with Gasteiger partial charge < -0.3 is 9.88 Å². The van der Waals surface area contributed by atoms with Gasteiger partial charge in [0.05, 0.1) is 18.1 Å². The predicted molar refractivity (Wildman–Crippen MR) is 70.2 cm³/mol. The zero-order valence-electron chi connectivity index (χ0n) is 10.0. The molecule has 1 aromatic carbocycles. The van der Waals surface area contributed by atoms with Crippen LogP contribution in [0.3, 0.4) is 0 Å². The molecule has 0 saturated heterocycles. The van der Waals surface area contributed by atoms with Crippen molar-refractivity contribution in [1.82, 2.24) is 14.9 Å². The molecule has 0 fully saturated rings. The van der Waals surface area contributed by atoms with E-state index in [9.17, 15) is 0 Å². The molecular weight excluding hydrogens is 234 g/mol. The highest BCUT2D eigenvalue weighted by Crippen LogP contribution is 2.18. The molecule has 1 heterocycles. The highest BCUT2D eigenvalue weighted by Gasteiger charge is 2.12. The van der Waals surface area contributed by atoms with Crippen molar-refractivity contribution >= 4 is 11.6 Å². The first kappa shape index (κ1) is 12.1. The number of nitrogens with one attached hydrogen (secondary N) is 1. The van der Waals surface area contributed by atoms with Crippen LogP contribution >= 0.6 is 11.6 Å². The molecule has 1 N–H and O–H groups in total. The first-order valence-corrected chi connectivity index (χ1v) is 5.96. The highest BCUT2D eigenvalue weighted by molar-refractivity contribution is 6.30. The van der Waals surface area contributed by atoms with Crippen molar-refractivity contribution in [2.75, 3.05) is 7.05 Å². The Bertz CT molecular complexity index is 476. The first-order valence-electron chi connectivity index (χ1n) is 5.58. The maximum atomic E-state index is 5.87. The zero-order chi connectivity index (χ0) is 12.3. The maximum Gasteiger partial charge on any atom is 0.0947 e. The lowest BCUT2D eigenvalue weighted by molar-refractivity contribution is 0.578. The maximum absolute atomic E-state index is 5.87. The average molecular weight is 250 g/mol. The van der Waals surface area contributed by atoms with E-state index < -0.39 is 0 Å². The second-order valence-corrected chi connectivity index (χ2v) is 4.57. The number of nitrogens with zero attached hydrogens (tertiary/aromatic N) is 2. The molecule has 0 amide bonds. The van der Waals surface area contributed by atoms with Crippen molar-refractivity contribution in [3.63, 3.8) is 0 Å². The van der Waals surface area contributed by atoms with Gasteiger partial charge in [0.1, 0.15) is 0 Å². The molecule has 0 aliphatic carbocycles. The Morgan fingerprint density at radius 1 is 1.35 bits per heavy atom. The molecule has 90 valence electrons. The second kappa shape index (κ2) is 5.34. The summed E-state index contributed by atoms with van der Waals surface area (Å²) in [6.07, 6.45) is 4.77. The predicted octanol–water partition coefficient (Wildman–Crippen LogP) is 2.58. The van der Waals surface area contributed by atoms with Crippen molar-refractivity contribution in [2.24, 2.45) is 7.05 Å². The van der Waals surface area contributed by atoms with Gasteiger partial charge in [-0.3, -0.25) is 0 Å². The molecule has 1 unspecified atom stereocenters. The van der Waals surface area contributed by atoms with E-state index in [2.05, 4.69) is 22.4 Å². The van der Waals surface area contributed by atoms with Crippen molar-refractivity contribution in [3.05, 3.63) is 53.1 Å². The van der Waals surface area contributed by atoms with Gasteiger partial charge >= 0.3 is 0 Å². The summed E-state index contributed by atoms with van der Waals surface area (Å²) >= 11 is 5.87. The zero-order valence-corrected chi connectivity index (χ0v) is 10.8. The molecule has 2 aromatic rings. The fraction of sp³-hybridized carbons (Fsp3) is 0.308. The third kappa shape index (κ3) is 3.08. The van der Waals surface area contributed by atoms with Gasteiger partial charge in [-0.1, -0.05) is 23.7 Å². The quantitative estimate of drug-likeness (QED) is 0.903. The van der Waals surface area contributed by atoms with E-state index in [1.165, 1.54) is 5.56 Å². The Balaban J connectivity index is 2.12. The van der Waals surface area contributed by atoms with Crippen molar-refractivity contribution in [2.45, 2.75) is 12.5 Å². The van der Waals surface area contributed by atoms with Crippen LogP contribution in [0.15, 0.2) is 36.8 Å². The Hall–Kier alpha value is -1.32. The number of likely N-dealkylation sites (N-methyl/N-ethyl adjacent to an activating group) is 1. The van der Waals surface area contributed by atoms with Gasteiger partial charge in [0.25, 0.3) is 0 Å². The highest BCUT2D eigenvalue weighted by atomic mass is 35.5. The topological polar surface area (TPSA) is 29.9 Å². The van der Waals surface area contributed by atoms with Crippen LogP contribution in [0.2, 0.25) is 5.02 Å². The third-order valence-corrected chi connectivity index (χ3v) is 3.04. The second-order valence-electron chi connectivity index (χ2n) is 4.14. The monoisotopic (exact) mass is 249 g/mol. The number of hydrogen-bond donors (Lipinski definition) is 1. The molecule has 4 heteroatoms. The first-order chi connectivity index (χ1) is 8.19. The van der Waals surface area contributed by atoms with Crippen LogP contribution in [0.5, 0.6) is 0 Å². The summed E-state index contributed by atoms with van der Waals surface area (Å²) in [6, 6.07) is 8.17. The standard InChI is InChI=1S/C13H16ClN3/c1-15-12(13-8-17(2)9-16-13)7-10-3-5-11(14)6-4-10/h3-6,8-9,12,15H,7H2,1-2H3. The molecule has 1 aromatic heterocycles. The van der Waals surface area contributed by atoms with E-state index in [1.54, 1.807) is 0 Å². The summed E-state index contributed by atoms with van der Waals surface area (Å²) in [5, 5.41) is 4.06. The fourth-order valence-corrected chi connectivity index (χ4v) is 1.95. The summed E-state index contributed by atoms with van der Waals surface area (Å²) in [4.78, 5) is 4.38. The van der Waals surface area contributed by atoms with Crippen LogP contribution in [0, 0.1) is 0 Å². The Kier molecular flexibility index (Phi) is 3.82. The Morgan fingerprint density at radius 3 is 2.59 bits per heavy atom. The number of aromatic nitrogens is 2. The van der Waals surface area contributed by atoms with E-state index >= 15 is 0 Å². The molecule has 0 radical (unpaired) electrons. The van der Waals surface area contributed by atoms with Crippen LogP contribution < -0.4 is 5.32 Å². The summed E-state index contributed by atoms with van der Waals surface area (Å²) in [7, 11) is 3.93. The number of aryl methyl sites for hydroxylation is 1. The van der Waals surface area contributed by atoms with Gasteiger partial charge in [-0.25, -0.2) is 4.98 Å². The molecule has 2 rings (SSSR count). The van der Waals surface area contributed by atoms with E-state index in [1.807, 2.05) is 43.3 Å². The van der Waals surface area contributed by atoms with Crippen molar-refractivity contribution < 1.29 is 0 Å². The largest absolute Gasteiger partial charge is 0.340 e. The van der Waals surface area contributed by atoms with Gasteiger partial charge in [-0.05, 0) is 31.2 Å². The van der Waals surface area contributed by atoms with Gasteiger partial charge in [0.2, 0.25) is 0 Å². The average Bonchev–Trinajstić information content (AvgIpc) is 2.75. The van der Waals surface area contributed by atoms with Gasteiger partial charge in [0.15, 0.2) is 0 Å². The van der Waals surface area contributed by atoms with E-state index in [0.717, 1.165) is 17.1 Å². The molecule has 0 spiro atoms. The molecule has 1 atom stereocenters. The summed E-state index contributed by atoms with van der Waals surface area (Å²) in [5.41, 5.74) is 2.31. The lowest BCUT2D eigenvalue weighted by Crippen LogP contribution is -2.19. The number of benzene rings is 1. The number of hydrogen-bond acceptors (Lipinski definition) is 2. The minimum absolute atomic E-state index is 0.234. The van der Waals surface area contributed by atoms with E-state index in [0.29, 0.717) is 0 Å². The third-order valence-electron chi connectivity index (χ3n) is 2.78. The molecular formula is C13H16ClN3. The molecule has 0 saturated carbocycles. The number of halogens is 1. The van der Waals surface area contributed by atoms with Crippen LogP contribution in [-0.2, 0) is 13.5 Å². The van der Waals surface area contributed by atoms with Gasteiger partial charge in [-0.15, -0.1) is 0 Å². The molecule has 0 bridgehead atoms. The van der Waals surface area contributed by atoms with Gasteiger partial charge in [-0.2, -0.15) is 0 Å². The summed E-state index contributed by atoms with van der Waals surface area (Å²) in [6.45, 7) is 0. The minimum atomic E-state index is 0.234. The van der Waals surface area contributed by atoms with Crippen molar-refractivity contribution in [3.8, 4) is 0 Å². The lowest BCUT2D eigenvalue weighted by Gasteiger charge is -2.13.